The van der Waals surface area contributed by atoms with Crippen molar-refractivity contribution in [2.45, 2.75) is 19.3 Å². The zero-order chi connectivity index (χ0) is 52.0. The van der Waals surface area contributed by atoms with Gasteiger partial charge in [0.1, 0.15) is 0 Å². The van der Waals surface area contributed by atoms with Crippen LogP contribution in [0.4, 0.5) is 39.8 Å². The molecule has 362 valence electrons. The average Bonchev–Trinajstić information content (AvgIpc) is 4.06. The summed E-state index contributed by atoms with van der Waals surface area (Å²) in [5, 5.41) is 14.3. The Labute approximate surface area is 450 Å². The van der Waals surface area contributed by atoms with Crippen molar-refractivity contribution in [3.8, 4) is 39.4 Å². The number of nitrogens with zero attached hydrogens (tertiary/aromatic N) is 4. The zero-order valence-electron chi connectivity index (χ0n) is 42.7. The Kier molecular flexibility index (Phi) is 11.6. The molecule has 0 unspecified atom stereocenters. The number of aryl methyl sites for hydroxylation is 2. The minimum Gasteiger partial charge on any atom is -0.310 e. The van der Waals surface area contributed by atoms with Crippen LogP contribution in [0.1, 0.15) is 38.9 Å². The van der Waals surface area contributed by atoms with E-state index in [1.807, 2.05) is 48.5 Å². The van der Waals surface area contributed by atoms with Crippen molar-refractivity contribution in [3.63, 3.8) is 0 Å². The summed E-state index contributed by atoms with van der Waals surface area (Å²) >= 11 is 0. The maximum atomic E-state index is 9.71. The molecule has 0 bridgehead atoms. The molecule has 0 saturated heterocycles. The van der Waals surface area contributed by atoms with E-state index < -0.39 is 5.41 Å². The highest BCUT2D eigenvalue weighted by Gasteiger charge is 2.46. The van der Waals surface area contributed by atoms with Crippen LogP contribution in [0.5, 0.6) is 0 Å². The molecule has 0 aliphatic heterocycles. The summed E-state index contributed by atoms with van der Waals surface area (Å²) in [7, 11) is 0. The highest BCUT2D eigenvalue weighted by Crippen LogP contribution is 2.58. The Morgan fingerprint density at radius 3 is 1.23 bits per heavy atom. The fourth-order valence-corrected chi connectivity index (χ4v) is 12.1. The van der Waals surface area contributed by atoms with Crippen molar-refractivity contribution >= 4 is 61.4 Å². The van der Waals surface area contributed by atoms with Crippen LogP contribution in [0.3, 0.4) is 0 Å². The molecule has 0 heterocycles. The lowest BCUT2D eigenvalue weighted by atomic mass is 9.67. The molecule has 0 atom stereocenters. The summed E-state index contributed by atoms with van der Waals surface area (Å²) in [6, 6.07) is 97.9. The molecular formula is C73H50N4. The average molecular weight is 983 g/mol. The first kappa shape index (κ1) is 46.5. The van der Waals surface area contributed by atoms with Gasteiger partial charge in [-0.2, -0.15) is 5.26 Å². The van der Waals surface area contributed by atoms with Crippen LogP contribution in [0, 0.1) is 31.8 Å². The molecule has 12 aromatic rings. The third-order valence-corrected chi connectivity index (χ3v) is 15.6. The highest BCUT2D eigenvalue weighted by molar-refractivity contribution is 6.01. The fraction of sp³-hybridized carbons (Fsp3) is 0.0411. The Morgan fingerprint density at radius 1 is 0.390 bits per heavy atom. The van der Waals surface area contributed by atoms with Gasteiger partial charge in [-0.1, -0.05) is 182 Å². The van der Waals surface area contributed by atoms with Crippen LogP contribution >= 0.6 is 0 Å². The number of benzene rings is 12. The second-order valence-corrected chi connectivity index (χ2v) is 20.0. The smallest absolute Gasteiger partial charge is 0.187 e. The van der Waals surface area contributed by atoms with Crippen molar-refractivity contribution in [3.05, 3.63) is 317 Å². The van der Waals surface area contributed by atoms with Gasteiger partial charge in [-0.3, -0.25) is 0 Å². The first-order valence-corrected chi connectivity index (χ1v) is 26.1. The molecule has 1 aliphatic rings. The molecule has 12 aromatic carbocycles. The number of nitriles is 1. The van der Waals surface area contributed by atoms with Gasteiger partial charge in [0.25, 0.3) is 0 Å². The maximum Gasteiger partial charge on any atom is 0.187 e. The number of fused-ring (bicyclic) bond motifs is 5. The van der Waals surface area contributed by atoms with E-state index in [0.29, 0.717) is 11.3 Å². The zero-order valence-corrected chi connectivity index (χ0v) is 42.7. The van der Waals surface area contributed by atoms with Crippen LogP contribution in [0.2, 0.25) is 0 Å². The molecule has 0 aromatic heterocycles. The van der Waals surface area contributed by atoms with Gasteiger partial charge in [0.05, 0.1) is 35.0 Å². The minimum absolute atomic E-state index is 0.612. The van der Waals surface area contributed by atoms with Gasteiger partial charge in [0.2, 0.25) is 0 Å². The molecule has 0 N–H and O–H groups in total. The lowest BCUT2D eigenvalue weighted by Crippen LogP contribution is -2.28. The van der Waals surface area contributed by atoms with E-state index in [1.165, 1.54) is 44.3 Å². The number of hydrogen-bond donors (Lipinski definition) is 0. The standard InChI is InChI=1S/C73H50N4/c1-49-44-61(76(59-34-28-51(48-74)29-35-59)71-26-14-18-52-16-10-12-24-65(52)71)38-42-63(49)54-30-40-67-68-41-31-55(47-70(68)73(69(67)46-54,56-20-6-4-7-21-56)57-22-8-5-9-23-57)64-43-39-62(45-50(64)2)77(60-36-32-58(75-3)33-37-60)72-27-15-19-53-17-11-13-25-66(53)72/h4-47H,1-2H3. The monoisotopic (exact) mass is 982 g/mol. The lowest BCUT2D eigenvalue weighted by molar-refractivity contribution is 0.769. The van der Waals surface area contributed by atoms with E-state index in [0.717, 1.165) is 78.1 Å². The van der Waals surface area contributed by atoms with Gasteiger partial charge in [0, 0.05) is 33.5 Å². The molecule has 13 rings (SSSR count). The Hall–Kier alpha value is -10.3. The second kappa shape index (κ2) is 19.2. The van der Waals surface area contributed by atoms with Gasteiger partial charge in [-0.25, -0.2) is 4.85 Å². The molecule has 4 heteroatoms. The van der Waals surface area contributed by atoms with Gasteiger partial charge in [-0.05, 0) is 176 Å². The summed E-state index contributed by atoms with van der Waals surface area (Å²) in [5.74, 6) is 0. The predicted octanol–water partition coefficient (Wildman–Crippen LogP) is 19.7. The first-order valence-electron chi connectivity index (χ1n) is 26.1. The Balaban J connectivity index is 0.941. The van der Waals surface area contributed by atoms with E-state index in [1.54, 1.807) is 0 Å². The summed E-state index contributed by atoms with van der Waals surface area (Å²) in [4.78, 5) is 8.31. The topological polar surface area (TPSA) is 34.6 Å². The van der Waals surface area contributed by atoms with Crippen molar-refractivity contribution in [2.75, 3.05) is 9.80 Å². The van der Waals surface area contributed by atoms with Crippen LogP contribution < -0.4 is 9.80 Å². The minimum atomic E-state index is -0.635. The fourth-order valence-electron chi connectivity index (χ4n) is 12.1. The second-order valence-electron chi connectivity index (χ2n) is 20.0. The Morgan fingerprint density at radius 2 is 0.792 bits per heavy atom. The molecular weight excluding hydrogens is 933 g/mol. The first-order chi connectivity index (χ1) is 37.9. The highest BCUT2D eigenvalue weighted by atomic mass is 15.1. The summed E-state index contributed by atoms with van der Waals surface area (Å²) < 4.78 is 0. The molecule has 0 fully saturated rings. The predicted molar refractivity (Wildman–Crippen MR) is 319 cm³/mol. The quantitative estimate of drug-likeness (QED) is 0.128. The van der Waals surface area contributed by atoms with Gasteiger partial charge >= 0.3 is 0 Å². The molecule has 1 aliphatic carbocycles. The van der Waals surface area contributed by atoms with Crippen molar-refractivity contribution in [1.82, 2.24) is 0 Å². The molecule has 4 nitrogen and oxygen atoms in total. The number of rotatable bonds is 10. The van der Waals surface area contributed by atoms with E-state index >= 15 is 0 Å². The van der Waals surface area contributed by atoms with Crippen LogP contribution in [-0.2, 0) is 5.41 Å². The third kappa shape index (κ3) is 7.91. The van der Waals surface area contributed by atoms with E-state index in [-0.39, 0.29) is 0 Å². The normalized spacial score (nSPS) is 12.1. The largest absolute Gasteiger partial charge is 0.310 e. The Bertz CT molecular complexity index is 4030. The van der Waals surface area contributed by atoms with Crippen LogP contribution in [0.15, 0.2) is 267 Å². The SMILES string of the molecule is [C-]#[N+]c1ccc(N(c2ccc(-c3ccc4c(c3)C(c3ccccc3)(c3ccccc3)c3cc(-c5ccc(N(c6ccc(C#N)cc6)c6cccc7ccccc67)cc5C)ccc3-4)c(C)c2)c2cccc3ccccc23)cc1. The van der Waals surface area contributed by atoms with Crippen molar-refractivity contribution in [1.29, 1.82) is 5.26 Å². The number of hydrogen-bond acceptors (Lipinski definition) is 3. The molecule has 0 radical (unpaired) electrons. The maximum absolute atomic E-state index is 9.71. The van der Waals surface area contributed by atoms with Crippen LogP contribution in [0.25, 0.3) is 59.8 Å². The lowest BCUT2D eigenvalue weighted by Gasteiger charge is -2.34. The summed E-state index contributed by atoms with van der Waals surface area (Å²) in [6.45, 7) is 12.1. The van der Waals surface area contributed by atoms with Crippen LogP contribution in [-0.4, -0.2) is 0 Å². The molecule has 77 heavy (non-hydrogen) atoms. The summed E-state index contributed by atoms with van der Waals surface area (Å²) in [6.07, 6.45) is 0. The molecule has 0 spiro atoms. The van der Waals surface area contributed by atoms with Gasteiger partial charge in [0.15, 0.2) is 5.69 Å². The third-order valence-electron chi connectivity index (χ3n) is 15.6. The van der Waals surface area contributed by atoms with Crippen molar-refractivity contribution < 1.29 is 0 Å². The summed E-state index contributed by atoms with van der Waals surface area (Å²) in [5.41, 5.74) is 21.1. The van der Waals surface area contributed by atoms with Crippen molar-refractivity contribution in [2.24, 2.45) is 0 Å². The molecule has 0 saturated carbocycles. The molecule has 0 amide bonds. The van der Waals surface area contributed by atoms with E-state index in [9.17, 15) is 5.26 Å². The van der Waals surface area contributed by atoms with Gasteiger partial charge in [-0.15, -0.1) is 0 Å². The van der Waals surface area contributed by atoms with E-state index in [2.05, 4.69) is 253 Å². The number of anilines is 6. The van der Waals surface area contributed by atoms with Gasteiger partial charge < -0.3 is 9.80 Å². The van der Waals surface area contributed by atoms with E-state index in [4.69, 9.17) is 6.57 Å².